The maximum atomic E-state index is 2.48. The van der Waals surface area contributed by atoms with Crippen molar-refractivity contribution in [1.82, 2.24) is 9.80 Å². The Balaban J connectivity index is 1.98. The van der Waals surface area contributed by atoms with Crippen LogP contribution in [-0.4, -0.2) is 43.5 Å². The Kier molecular flexibility index (Phi) is 5.97. The molecule has 0 saturated carbocycles. The highest BCUT2D eigenvalue weighted by Crippen LogP contribution is 2.19. The van der Waals surface area contributed by atoms with E-state index in [1.807, 2.05) is 0 Å². The molecule has 2 aromatic carbocycles. The quantitative estimate of drug-likeness (QED) is 0.763. The fourth-order valence-electron chi connectivity index (χ4n) is 2.38. The summed E-state index contributed by atoms with van der Waals surface area (Å²) in [5.41, 5.74) is 3.95. The summed E-state index contributed by atoms with van der Waals surface area (Å²) < 4.78 is 0. The first-order chi connectivity index (χ1) is 10.2. The molecule has 0 N–H and O–H groups in total. The summed E-state index contributed by atoms with van der Waals surface area (Å²) in [5, 5.41) is 0. The Morgan fingerprint density at radius 1 is 0.762 bits per heavy atom. The van der Waals surface area contributed by atoms with E-state index >= 15 is 0 Å². The van der Waals surface area contributed by atoms with Crippen LogP contribution in [0.25, 0.3) is 11.1 Å². The summed E-state index contributed by atoms with van der Waals surface area (Å²) in [6.45, 7) is 6.57. The molecule has 0 bridgehead atoms. The van der Waals surface area contributed by atoms with Crippen molar-refractivity contribution in [1.29, 1.82) is 0 Å². The minimum absolute atomic E-state index is 1.03. The number of nitrogens with zero attached hydrogens (tertiary/aromatic N) is 2. The molecule has 2 rings (SSSR count). The van der Waals surface area contributed by atoms with Crippen molar-refractivity contribution in [2.45, 2.75) is 13.5 Å². The maximum Gasteiger partial charge on any atom is 0.0234 e. The molecule has 0 spiro atoms. The number of benzene rings is 2. The predicted octanol–water partition coefficient (Wildman–Crippen LogP) is 3.74. The average molecular weight is 282 g/mol. The molecule has 0 unspecified atom stereocenters. The van der Waals surface area contributed by atoms with Crippen LogP contribution >= 0.6 is 0 Å². The van der Waals surface area contributed by atoms with E-state index in [1.165, 1.54) is 16.7 Å². The van der Waals surface area contributed by atoms with Gasteiger partial charge in [-0.25, -0.2) is 0 Å². The highest BCUT2D eigenvalue weighted by molar-refractivity contribution is 5.63. The van der Waals surface area contributed by atoms with Crippen molar-refractivity contribution in [3.8, 4) is 11.1 Å². The molecule has 2 heteroatoms. The summed E-state index contributed by atoms with van der Waals surface area (Å²) in [4.78, 5) is 4.72. The molecule has 0 atom stereocenters. The third kappa shape index (κ3) is 5.00. The zero-order chi connectivity index (χ0) is 15.1. The first-order valence-corrected chi connectivity index (χ1v) is 7.70. The molecule has 112 valence electrons. The molecule has 0 heterocycles. The lowest BCUT2D eigenvalue weighted by Gasteiger charge is -2.22. The van der Waals surface area contributed by atoms with Crippen LogP contribution in [0.3, 0.4) is 0 Å². The summed E-state index contributed by atoms with van der Waals surface area (Å²) in [5.74, 6) is 0. The SMILES string of the molecule is CCN(CCN(C)C)Cc1ccc(-c2ccccc2)cc1. The molecule has 0 aliphatic heterocycles. The third-order valence-corrected chi connectivity index (χ3v) is 3.78. The summed E-state index contributed by atoms with van der Waals surface area (Å²) in [6, 6.07) is 19.5. The Hall–Kier alpha value is -1.64. The van der Waals surface area contributed by atoms with E-state index in [0.717, 1.165) is 26.2 Å². The van der Waals surface area contributed by atoms with Gasteiger partial charge in [-0.15, -0.1) is 0 Å². The second-order valence-corrected chi connectivity index (χ2v) is 5.73. The highest BCUT2D eigenvalue weighted by atomic mass is 15.2. The van der Waals surface area contributed by atoms with Crippen molar-refractivity contribution in [2.75, 3.05) is 33.7 Å². The molecule has 0 amide bonds. The van der Waals surface area contributed by atoms with E-state index in [0.29, 0.717) is 0 Å². The average Bonchev–Trinajstić information content (AvgIpc) is 2.52. The highest BCUT2D eigenvalue weighted by Gasteiger charge is 2.05. The molecule has 0 aliphatic carbocycles. The lowest BCUT2D eigenvalue weighted by molar-refractivity contribution is 0.244. The zero-order valence-electron chi connectivity index (χ0n) is 13.4. The predicted molar refractivity (Wildman–Crippen MR) is 91.4 cm³/mol. The van der Waals surface area contributed by atoms with Crippen LogP contribution < -0.4 is 0 Å². The van der Waals surface area contributed by atoms with Crippen LogP contribution in [0.2, 0.25) is 0 Å². The Morgan fingerprint density at radius 3 is 1.95 bits per heavy atom. The van der Waals surface area contributed by atoms with Gasteiger partial charge in [0.05, 0.1) is 0 Å². The minimum atomic E-state index is 1.03. The van der Waals surface area contributed by atoms with E-state index in [-0.39, 0.29) is 0 Å². The van der Waals surface area contributed by atoms with Crippen LogP contribution in [0.15, 0.2) is 54.6 Å². The van der Waals surface area contributed by atoms with E-state index in [9.17, 15) is 0 Å². The lowest BCUT2D eigenvalue weighted by atomic mass is 10.0. The number of likely N-dealkylation sites (N-methyl/N-ethyl adjacent to an activating group) is 2. The Morgan fingerprint density at radius 2 is 1.38 bits per heavy atom. The summed E-state index contributed by atoms with van der Waals surface area (Å²) in [6.07, 6.45) is 0. The molecule has 2 nitrogen and oxygen atoms in total. The van der Waals surface area contributed by atoms with Gasteiger partial charge >= 0.3 is 0 Å². The van der Waals surface area contributed by atoms with Crippen LogP contribution in [0.5, 0.6) is 0 Å². The van der Waals surface area contributed by atoms with Crippen LogP contribution in [0.1, 0.15) is 12.5 Å². The summed E-state index contributed by atoms with van der Waals surface area (Å²) in [7, 11) is 4.25. The number of hydrogen-bond acceptors (Lipinski definition) is 2. The van der Waals surface area contributed by atoms with Gasteiger partial charge in [-0.3, -0.25) is 4.90 Å². The molecule has 0 aromatic heterocycles. The molecular weight excluding hydrogens is 256 g/mol. The first-order valence-electron chi connectivity index (χ1n) is 7.70. The van der Waals surface area contributed by atoms with Gasteiger partial charge in [0.2, 0.25) is 0 Å². The normalized spacial score (nSPS) is 11.3. The molecule has 21 heavy (non-hydrogen) atoms. The van der Waals surface area contributed by atoms with Gasteiger partial charge in [-0.1, -0.05) is 61.5 Å². The molecular formula is C19H26N2. The van der Waals surface area contributed by atoms with E-state index in [4.69, 9.17) is 0 Å². The van der Waals surface area contributed by atoms with Gasteiger partial charge in [0.1, 0.15) is 0 Å². The Labute approximate surface area is 129 Å². The van der Waals surface area contributed by atoms with Crippen molar-refractivity contribution in [3.05, 3.63) is 60.2 Å². The molecule has 0 radical (unpaired) electrons. The van der Waals surface area contributed by atoms with Gasteiger partial charge < -0.3 is 4.90 Å². The smallest absolute Gasteiger partial charge is 0.0234 e. The van der Waals surface area contributed by atoms with Gasteiger partial charge in [0.25, 0.3) is 0 Å². The minimum Gasteiger partial charge on any atom is -0.308 e. The third-order valence-electron chi connectivity index (χ3n) is 3.78. The van der Waals surface area contributed by atoms with E-state index in [1.54, 1.807) is 0 Å². The second kappa shape index (κ2) is 7.96. The zero-order valence-corrected chi connectivity index (χ0v) is 13.4. The van der Waals surface area contributed by atoms with Gasteiger partial charge in [0, 0.05) is 19.6 Å². The van der Waals surface area contributed by atoms with Gasteiger partial charge in [-0.05, 0) is 37.3 Å². The van der Waals surface area contributed by atoms with Crippen LogP contribution in [0, 0.1) is 0 Å². The van der Waals surface area contributed by atoms with E-state index < -0.39 is 0 Å². The fourth-order valence-corrected chi connectivity index (χ4v) is 2.38. The fraction of sp³-hybridized carbons (Fsp3) is 0.368. The van der Waals surface area contributed by atoms with Crippen molar-refractivity contribution in [3.63, 3.8) is 0 Å². The maximum absolute atomic E-state index is 2.48. The lowest BCUT2D eigenvalue weighted by Crippen LogP contribution is -2.31. The molecule has 0 saturated heterocycles. The molecule has 0 fully saturated rings. The van der Waals surface area contributed by atoms with Gasteiger partial charge in [0.15, 0.2) is 0 Å². The van der Waals surface area contributed by atoms with E-state index in [2.05, 4.69) is 85.4 Å². The molecule has 2 aromatic rings. The topological polar surface area (TPSA) is 6.48 Å². The largest absolute Gasteiger partial charge is 0.308 e. The van der Waals surface area contributed by atoms with Crippen molar-refractivity contribution >= 4 is 0 Å². The standard InChI is InChI=1S/C19H26N2/c1-4-21(15-14-20(2)3)16-17-10-12-19(13-11-17)18-8-6-5-7-9-18/h5-13H,4,14-16H2,1-3H3. The first kappa shape index (κ1) is 15.7. The summed E-state index contributed by atoms with van der Waals surface area (Å²) >= 11 is 0. The monoisotopic (exact) mass is 282 g/mol. The van der Waals surface area contributed by atoms with Crippen LogP contribution in [0.4, 0.5) is 0 Å². The second-order valence-electron chi connectivity index (χ2n) is 5.73. The van der Waals surface area contributed by atoms with Crippen molar-refractivity contribution in [2.24, 2.45) is 0 Å². The number of hydrogen-bond donors (Lipinski definition) is 0. The Bertz CT molecular complexity index is 517. The van der Waals surface area contributed by atoms with Gasteiger partial charge in [-0.2, -0.15) is 0 Å². The molecule has 0 aliphatic rings. The van der Waals surface area contributed by atoms with Crippen molar-refractivity contribution < 1.29 is 0 Å². The number of rotatable bonds is 7. The van der Waals surface area contributed by atoms with Crippen LogP contribution in [-0.2, 0) is 6.54 Å².